The summed E-state index contributed by atoms with van der Waals surface area (Å²) in [5, 5.41) is 24.1. The molecule has 4 N–H and O–H groups in total. The number of hydrogen-bond acceptors (Lipinski definition) is 6. The molecule has 2 amide bonds. The molecule has 8 nitrogen and oxygen atoms in total. The summed E-state index contributed by atoms with van der Waals surface area (Å²) in [7, 11) is 0. The SMILES string of the molecule is O=C(NC(Cc1ccccc1)C(=O)N1C[C@@H](O)[C@@H](O)C1)Oc1cc2sccc2[nH]1. The summed E-state index contributed by atoms with van der Waals surface area (Å²) < 4.78 is 6.28. The maximum absolute atomic E-state index is 13.0. The number of aromatic nitrogens is 1. The van der Waals surface area contributed by atoms with E-state index in [1.54, 1.807) is 6.07 Å². The van der Waals surface area contributed by atoms with Crippen LogP contribution in [0.5, 0.6) is 5.88 Å². The standard InChI is InChI=1S/C20H21N3O5S/c24-15-10-23(11-16(15)25)19(26)14(8-12-4-2-1-3-5-12)22-20(27)28-18-9-17-13(21-18)6-7-29-17/h1-7,9,14-16,21,24-25H,8,10-11H2,(H,22,27)/t14?,15-,16+. The third kappa shape index (κ3) is 4.42. The van der Waals surface area contributed by atoms with Gasteiger partial charge in [-0.3, -0.25) is 4.79 Å². The molecule has 29 heavy (non-hydrogen) atoms. The molecule has 1 aliphatic heterocycles. The number of carbonyl (C=O) groups is 2. The van der Waals surface area contributed by atoms with Gasteiger partial charge in [-0.05, 0) is 17.0 Å². The van der Waals surface area contributed by atoms with E-state index in [0.717, 1.165) is 15.8 Å². The van der Waals surface area contributed by atoms with Gasteiger partial charge in [-0.2, -0.15) is 0 Å². The molecule has 1 aliphatic rings. The molecule has 3 heterocycles. The number of aliphatic hydroxyl groups is 2. The summed E-state index contributed by atoms with van der Waals surface area (Å²) in [5.74, 6) is -0.0869. The molecule has 1 fully saturated rings. The average molecular weight is 415 g/mol. The Hall–Kier alpha value is -2.88. The largest absolute Gasteiger partial charge is 0.414 e. The zero-order valence-corrected chi connectivity index (χ0v) is 16.3. The number of H-pyrrole nitrogens is 1. The van der Waals surface area contributed by atoms with Gasteiger partial charge in [0.25, 0.3) is 0 Å². The zero-order valence-electron chi connectivity index (χ0n) is 15.4. The summed E-state index contributed by atoms with van der Waals surface area (Å²) in [5.41, 5.74) is 1.74. The highest BCUT2D eigenvalue weighted by Gasteiger charge is 2.36. The number of amides is 2. The van der Waals surface area contributed by atoms with Gasteiger partial charge in [0.05, 0.1) is 22.4 Å². The van der Waals surface area contributed by atoms with Gasteiger partial charge in [-0.15, -0.1) is 11.3 Å². The summed E-state index contributed by atoms with van der Waals surface area (Å²) in [6.07, 6.45) is -2.48. The smallest absolute Gasteiger partial charge is 0.393 e. The van der Waals surface area contributed by atoms with Crippen LogP contribution in [-0.4, -0.2) is 63.4 Å². The molecule has 0 saturated carbocycles. The number of β-amino-alcohol motifs (C(OH)–C–C–N with tert-alkyl or cyclic N) is 2. The number of nitrogens with one attached hydrogen (secondary N) is 2. The summed E-state index contributed by atoms with van der Waals surface area (Å²) >= 11 is 1.52. The molecule has 3 atom stereocenters. The maximum Gasteiger partial charge on any atom is 0.414 e. The average Bonchev–Trinajstić information content (AvgIpc) is 3.37. The van der Waals surface area contributed by atoms with E-state index in [9.17, 15) is 19.8 Å². The van der Waals surface area contributed by atoms with Crippen molar-refractivity contribution in [3.05, 3.63) is 53.4 Å². The predicted octanol–water partition coefficient (Wildman–Crippen LogP) is 1.49. The molecular weight excluding hydrogens is 394 g/mol. The fraction of sp³-hybridized carbons (Fsp3) is 0.300. The van der Waals surface area contributed by atoms with E-state index in [1.807, 2.05) is 41.8 Å². The molecular formula is C20H21N3O5S. The van der Waals surface area contributed by atoms with Gasteiger partial charge in [0.15, 0.2) is 0 Å². The Labute approximate surface area is 170 Å². The first-order valence-corrected chi connectivity index (χ1v) is 10.1. The van der Waals surface area contributed by atoms with Crippen LogP contribution in [0.1, 0.15) is 5.56 Å². The molecule has 2 aromatic heterocycles. The van der Waals surface area contributed by atoms with Crippen molar-refractivity contribution in [1.82, 2.24) is 15.2 Å². The Morgan fingerprint density at radius 1 is 1.21 bits per heavy atom. The van der Waals surface area contributed by atoms with E-state index < -0.39 is 24.3 Å². The van der Waals surface area contributed by atoms with E-state index in [-0.39, 0.29) is 25.4 Å². The Kier molecular flexibility index (Phi) is 5.52. The van der Waals surface area contributed by atoms with E-state index in [2.05, 4.69) is 10.3 Å². The third-order valence-electron chi connectivity index (χ3n) is 4.86. The number of fused-ring (bicyclic) bond motifs is 1. The molecule has 1 aromatic carbocycles. The first-order valence-electron chi connectivity index (χ1n) is 9.23. The molecule has 0 bridgehead atoms. The number of aromatic amines is 1. The van der Waals surface area contributed by atoms with Crippen LogP contribution in [0.3, 0.4) is 0 Å². The van der Waals surface area contributed by atoms with Crippen LogP contribution in [0.25, 0.3) is 10.2 Å². The minimum atomic E-state index is -0.991. The Bertz CT molecular complexity index is 963. The number of benzene rings is 1. The number of thiophene rings is 1. The number of ether oxygens (including phenoxy) is 1. The van der Waals surface area contributed by atoms with Crippen molar-refractivity contribution in [2.24, 2.45) is 0 Å². The minimum Gasteiger partial charge on any atom is -0.393 e. The lowest BCUT2D eigenvalue weighted by Crippen LogP contribution is -2.50. The van der Waals surface area contributed by atoms with E-state index in [1.165, 1.54) is 16.2 Å². The van der Waals surface area contributed by atoms with Crippen molar-refractivity contribution in [1.29, 1.82) is 0 Å². The lowest BCUT2D eigenvalue weighted by Gasteiger charge is -2.24. The van der Waals surface area contributed by atoms with Crippen LogP contribution < -0.4 is 10.1 Å². The number of aliphatic hydroxyl groups excluding tert-OH is 2. The van der Waals surface area contributed by atoms with Crippen LogP contribution in [0.4, 0.5) is 4.79 Å². The second kappa shape index (κ2) is 8.24. The minimum absolute atomic E-state index is 0.0227. The van der Waals surface area contributed by atoms with Gasteiger partial charge >= 0.3 is 6.09 Å². The monoisotopic (exact) mass is 415 g/mol. The number of rotatable bonds is 5. The van der Waals surface area contributed by atoms with Crippen molar-refractivity contribution in [3.63, 3.8) is 0 Å². The van der Waals surface area contributed by atoms with E-state index >= 15 is 0 Å². The third-order valence-corrected chi connectivity index (χ3v) is 5.73. The highest BCUT2D eigenvalue weighted by atomic mass is 32.1. The van der Waals surface area contributed by atoms with Crippen LogP contribution in [0.2, 0.25) is 0 Å². The number of hydrogen-bond donors (Lipinski definition) is 4. The summed E-state index contributed by atoms with van der Waals surface area (Å²) in [4.78, 5) is 29.7. The molecule has 0 radical (unpaired) electrons. The van der Waals surface area contributed by atoms with Crippen molar-refractivity contribution in [2.45, 2.75) is 24.7 Å². The maximum atomic E-state index is 13.0. The molecule has 3 aromatic rings. The van der Waals surface area contributed by atoms with Crippen molar-refractivity contribution < 1.29 is 24.5 Å². The summed E-state index contributed by atoms with van der Waals surface area (Å²) in [6.45, 7) is 0.0455. The van der Waals surface area contributed by atoms with Crippen LogP contribution >= 0.6 is 11.3 Å². The van der Waals surface area contributed by atoms with Crippen LogP contribution in [0, 0.1) is 0 Å². The molecule has 0 aliphatic carbocycles. The Morgan fingerprint density at radius 2 is 1.93 bits per heavy atom. The Balaban J connectivity index is 1.47. The van der Waals surface area contributed by atoms with Crippen LogP contribution in [0.15, 0.2) is 47.8 Å². The summed E-state index contributed by atoms with van der Waals surface area (Å²) in [6, 6.07) is 12.0. The second-order valence-electron chi connectivity index (χ2n) is 6.99. The van der Waals surface area contributed by atoms with E-state index in [0.29, 0.717) is 5.88 Å². The first-order chi connectivity index (χ1) is 14.0. The molecule has 0 spiro atoms. The van der Waals surface area contributed by atoms with Crippen LogP contribution in [-0.2, 0) is 11.2 Å². The fourth-order valence-electron chi connectivity index (χ4n) is 3.37. The normalized spacial score (nSPS) is 20.0. The highest BCUT2D eigenvalue weighted by molar-refractivity contribution is 7.17. The van der Waals surface area contributed by atoms with Crippen molar-refractivity contribution >= 4 is 33.6 Å². The topological polar surface area (TPSA) is 115 Å². The molecule has 9 heteroatoms. The molecule has 1 unspecified atom stereocenters. The Morgan fingerprint density at radius 3 is 2.62 bits per heavy atom. The highest BCUT2D eigenvalue weighted by Crippen LogP contribution is 2.25. The number of carbonyl (C=O) groups excluding carboxylic acids is 2. The fourth-order valence-corrected chi connectivity index (χ4v) is 4.14. The van der Waals surface area contributed by atoms with Crippen molar-refractivity contribution in [2.75, 3.05) is 13.1 Å². The van der Waals surface area contributed by atoms with Gasteiger partial charge in [-0.25, -0.2) is 4.79 Å². The van der Waals surface area contributed by atoms with Gasteiger partial charge in [0, 0.05) is 25.6 Å². The molecule has 4 rings (SSSR count). The first kappa shape index (κ1) is 19.4. The van der Waals surface area contributed by atoms with Gasteiger partial charge < -0.3 is 30.2 Å². The van der Waals surface area contributed by atoms with Gasteiger partial charge in [0.1, 0.15) is 6.04 Å². The number of likely N-dealkylation sites (tertiary alicyclic amines) is 1. The van der Waals surface area contributed by atoms with E-state index in [4.69, 9.17) is 4.74 Å². The van der Waals surface area contributed by atoms with Gasteiger partial charge in [-0.1, -0.05) is 30.3 Å². The van der Waals surface area contributed by atoms with Crippen molar-refractivity contribution in [3.8, 4) is 5.88 Å². The lowest BCUT2D eigenvalue weighted by atomic mass is 10.1. The quantitative estimate of drug-likeness (QED) is 0.504. The zero-order chi connectivity index (χ0) is 20.4. The second-order valence-corrected chi connectivity index (χ2v) is 7.93. The molecule has 152 valence electrons. The van der Waals surface area contributed by atoms with Gasteiger partial charge in [0.2, 0.25) is 11.8 Å². The predicted molar refractivity (Wildman–Crippen MR) is 108 cm³/mol. The molecule has 1 saturated heterocycles. The lowest BCUT2D eigenvalue weighted by molar-refractivity contribution is -0.132. The number of nitrogens with zero attached hydrogens (tertiary/aromatic N) is 1.